The van der Waals surface area contributed by atoms with Gasteiger partial charge in [-0.05, 0) is 19.1 Å². The maximum Gasteiger partial charge on any atom is 0.161 e. The topological polar surface area (TPSA) is 42.7 Å². The van der Waals surface area contributed by atoms with E-state index >= 15 is 0 Å². The summed E-state index contributed by atoms with van der Waals surface area (Å²) in [6.45, 7) is 1.52. The molecule has 1 aliphatic rings. The zero-order chi connectivity index (χ0) is 7.84. The Labute approximate surface area is 64.0 Å². The van der Waals surface area contributed by atoms with E-state index < -0.39 is 0 Å². The Balaban J connectivity index is 2.08. The predicted molar refractivity (Wildman–Crippen MR) is 37.0 cm³/mol. The average Bonchev–Trinajstić information content (AvgIpc) is 2.60. The predicted octanol–water partition coefficient (Wildman–Crippen LogP) is 1.31. The smallest absolute Gasteiger partial charge is 0.161 e. The van der Waals surface area contributed by atoms with Crippen LogP contribution in [0.1, 0.15) is 18.8 Å². The van der Waals surface area contributed by atoms with E-state index in [1.807, 2.05) is 6.07 Å². The van der Waals surface area contributed by atoms with E-state index in [1.54, 1.807) is 12.3 Å². The Bertz CT molecular complexity index is 263. The van der Waals surface area contributed by atoms with Crippen LogP contribution in [0.2, 0.25) is 0 Å². The minimum absolute atomic E-state index is 0.0615. The van der Waals surface area contributed by atoms with Gasteiger partial charge < -0.3 is 9.15 Å². The van der Waals surface area contributed by atoms with Crippen LogP contribution in [-0.2, 0) is 9.53 Å². The molecule has 58 valence electrons. The minimum atomic E-state index is -0.263. The van der Waals surface area contributed by atoms with E-state index in [9.17, 15) is 4.79 Å². The molecule has 2 heterocycles. The van der Waals surface area contributed by atoms with Crippen molar-refractivity contribution in [3.8, 4) is 0 Å². The van der Waals surface area contributed by atoms with Crippen molar-refractivity contribution >= 4 is 5.78 Å². The molecule has 3 nitrogen and oxygen atoms in total. The quantitative estimate of drug-likeness (QED) is 0.600. The largest absolute Gasteiger partial charge is 0.466 e. The number of ether oxygens (including phenoxy) is 1. The zero-order valence-corrected chi connectivity index (χ0v) is 6.11. The van der Waals surface area contributed by atoms with Crippen LogP contribution in [0.5, 0.6) is 0 Å². The van der Waals surface area contributed by atoms with Crippen molar-refractivity contribution in [2.24, 2.45) is 0 Å². The molecule has 1 saturated heterocycles. The Kier molecular flexibility index (Phi) is 1.32. The number of furan rings is 1. The van der Waals surface area contributed by atoms with E-state index in [1.165, 1.54) is 6.92 Å². The van der Waals surface area contributed by atoms with E-state index in [0.717, 1.165) is 5.76 Å². The van der Waals surface area contributed by atoms with Gasteiger partial charge in [0.2, 0.25) is 0 Å². The summed E-state index contributed by atoms with van der Waals surface area (Å²) in [5.41, 5.74) is 0. The number of carbonyl (C=O) groups excluding carboxylic acids is 1. The van der Waals surface area contributed by atoms with Gasteiger partial charge in [-0.3, -0.25) is 4.79 Å². The molecule has 2 rings (SSSR count). The highest BCUT2D eigenvalue weighted by atomic mass is 16.6. The highest BCUT2D eigenvalue weighted by Gasteiger charge is 2.45. The summed E-state index contributed by atoms with van der Waals surface area (Å²) >= 11 is 0. The van der Waals surface area contributed by atoms with Crippen molar-refractivity contribution in [2.75, 3.05) is 0 Å². The van der Waals surface area contributed by atoms with E-state index in [4.69, 9.17) is 9.15 Å². The second-order valence-corrected chi connectivity index (χ2v) is 2.60. The summed E-state index contributed by atoms with van der Waals surface area (Å²) in [5.74, 6) is 0.802. The number of carbonyl (C=O) groups is 1. The molecule has 0 amide bonds. The highest BCUT2D eigenvalue weighted by molar-refractivity contribution is 5.83. The molecule has 11 heavy (non-hydrogen) atoms. The van der Waals surface area contributed by atoms with E-state index in [-0.39, 0.29) is 18.0 Å². The van der Waals surface area contributed by atoms with Gasteiger partial charge in [0.25, 0.3) is 0 Å². The van der Waals surface area contributed by atoms with E-state index in [2.05, 4.69) is 0 Å². The first-order valence-corrected chi connectivity index (χ1v) is 3.48. The molecule has 2 atom stereocenters. The second-order valence-electron chi connectivity index (χ2n) is 2.60. The average molecular weight is 152 g/mol. The van der Waals surface area contributed by atoms with Crippen LogP contribution in [0.4, 0.5) is 0 Å². The lowest BCUT2D eigenvalue weighted by atomic mass is 10.2. The van der Waals surface area contributed by atoms with Crippen LogP contribution in [-0.4, -0.2) is 11.9 Å². The third-order valence-corrected chi connectivity index (χ3v) is 1.72. The molecule has 0 spiro atoms. The molecule has 1 aromatic rings. The van der Waals surface area contributed by atoms with Crippen molar-refractivity contribution in [1.29, 1.82) is 0 Å². The fraction of sp³-hybridized carbons (Fsp3) is 0.375. The summed E-state index contributed by atoms with van der Waals surface area (Å²) in [4.78, 5) is 10.7. The second kappa shape index (κ2) is 2.20. The third-order valence-electron chi connectivity index (χ3n) is 1.72. The van der Waals surface area contributed by atoms with Gasteiger partial charge in [-0.1, -0.05) is 0 Å². The van der Waals surface area contributed by atoms with Crippen molar-refractivity contribution in [3.63, 3.8) is 0 Å². The number of rotatable bonds is 2. The monoisotopic (exact) mass is 152 g/mol. The molecule has 2 unspecified atom stereocenters. The van der Waals surface area contributed by atoms with Gasteiger partial charge in [0.15, 0.2) is 5.78 Å². The van der Waals surface area contributed by atoms with Crippen molar-refractivity contribution < 1.29 is 13.9 Å². The van der Waals surface area contributed by atoms with Gasteiger partial charge in [-0.25, -0.2) is 0 Å². The van der Waals surface area contributed by atoms with Crippen LogP contribution in [0.25, 0.3) is 0 Å². The minimum Gasteiger partial charge on any atom is -0.466 e. The Hall–Kier alpha value is -1.09. The molecule has 3 heteroatoms. The van der Waals surface area contributed by atoms with Gasteiger partial charge in [0.1, 0.15) is 18.0 Å². The summed E-state index contributed by atoms with van der Waals surface area (Å²) in [6.07, 6.45) is 1.19. The Morgan fingerprint density at radius 1 is 1.64 bits per heavy atom. The molecule has 0 saturated carbocycles. The SMILES string of the molecule is CC(=O)C1OC1c1ccco1. The lowest BCUT2D eigenvalue weighted by Gasteiger charge is -1.83. The molecule has 1 aliphatic heterocycles. The zero-order valence-electron chi connectivity index (χ0n) is 6.11. The number of ketones is 1. The number of hydrogen-bond acceptors (Lipinski definition) is 3. The lowest BCUT2D eigenvalue weighted by Crippen LogP contribution is -2.00. The summed E-state index contributed by atoms with van der Waals surface area (Å²) in [5, 5.41) is 0. The van der Waals surface area contributed by atoms with Crippen molar-refractivity contribution in [3.05, 3.63) is 24.2 Å². The molecular weight excluding hydrogens is 144 g/mol. The summed E-state index contributed by atoms with van der Waals surface area (Å²) in [6, 6.07) is 3.60. The molecule has 0 aromatic carbocycles. The third kappa shape index (κ3) is 1.07. The van der Waals surface area contributed by atoms with Crippen molar-refractivity contribution in [1.82, 2.24) is 0 Å². The first kappa shape index (κ1) is 6.61. The maximum absolute atomic E-state index is 10.7. The fourth-order valence-electron chi connectivity index (χ4n) is 1.09. The van der Waals surface area contributed by atoms with E-state index in [0.29, 0.717) is 0 Å². The number of epoxide rings is 1. The van der Waals surface area contributed by atoms with Crippen LogP contribution in [0.15, 0.2) is 22.8 Å². The van der Waals surface area contributed by atoms with Crippen LogP contribution >= 0.6 is 0 Å². The van der Waals surface area contributed by atoms with Crippen LogP contribution in [0, 0.1) is 0 Å². The van der Waals surface area contributed by atoms with Crippen LogP contribution < -0.4 is 0 Å². The summed E-state index contributed by atoms with van der Waals surface area (Å²) < 4.78 is 10.1. The highest BCUT2D eigenvalue weighted by Crippen LogP contribution is 2.39. The van der Waals surface area contributed by atoms with Gasteiger partial charge in [0.05, 0.1) is 6.26 Å². The molecular formula is C8H8O3. The van der Waals surface area contributed by atoms with Gasteiger partial charge >= 0.3 is 0 Å². The van der Waals surface area contributed by atoms with Crippen molar-refractivity contribution in [2.45, 2.75) is 19.1 Å². The molecule has 0 N–H and O–H groups in total. The maximum atomic E-state index is 10.7. The van der Waals surface area contributed by atoms with Gasteiger partial charge in [0, 0.05) is 0 Å². The lowest BCUT2D eigenvalue weighted by molar-refractivity contribution is -0.118. The Morgan fingerprint density at radius 3 is 2.91 bits per heavy atom. The number of hydrogen-bond donors (Lipinski definition) is 0. The molecule has 0 bridgehead atoms. The fourth-order valence-corrected chi connectivity index (χ4v) is 1.09. The van der Waals surface area contributed by atoms with Crippen LogP contribution in [0.3, 0.4) is 0 Å². The summed E-state index contributed by atoms with van der Waals surface area (Å²) in [7, 11) is 0. The first-order chi connectivity index (χ1) is 5.29. The molecule has 0 aliphatic carbocycles. The van der Waals surface area contributed by atoms with Gasteiger partial charge in [-0.15, -0.1) is 0 Å². The number of Topliss-reactive ketones (excluding diaryl/α,β-unsaturated/α-hetero) is 1. The molecule has 0 radical (unpaired) electrons. The Morgan fingerprint density at radius 2 is 2.45 bits per heavy atom. The molecule has 1 fully saturated rings. The standard InChI is InChI=1S/C8H8O3/c1-5(9)7-8(11-7)6-3-2-4-10-6/h2-4,7-8H,1H3. The molecule has 1 aromatic heterocycles. The first-order valence-electron chi connectivity index (χ1n) is 3.48. The normalized spacial score (nSPS) is 28.5. The van der Waals surface area contributed by atoms with Gasteiger partial charge in [-0.2, -0.15) is 0 Å².